The number of amides is 1. The zero-order chi connectivity index (χ0) is 11.9. The van der Waals surface area contributed by atoms with Crippen LogP contribution in [-0.4, -0.2) is 29.9 Å². The number of hydrogen-bond acceptors (Lipinski definition) is 1. The highest BCUT2D eigenvalue weighted by Crippen LogP contribution is 2.26. The minimum Gasteiger partial charge on any atom is -0.348 e. The number of benzene rings is 1. The predicted molar refractivity (Wildman–Crippen MR) is 61.3 cm³/mol. The summed E-state index contributed by atoms with van der Waals surface area (Å²) in [5.74, 6) is -0.635. The van der Waals surface area contributed by atoms with Gasteiger partial charge in [0, 0.05) is 19.5 Å². The summed E-state index contributed by atoms with van der Waals surface area (Å²) in [6, 6.07) is 4.30. The Bertz CT molecular complexity index is 523. The maximum absolute atomic E-state index is 13.4. The molecule has 2 aromatic rings. The average molecular weight is 241 g/mol. The molecular formula is C11H10ClFN2O. The third-order valence-corrected chi connectivity index (χ3v) is 2.66. The Balaban J connectivity index is 2.64. The maximum atomic E-state index is 13.4. The van der Waals surface area contributed by atoms with E-state index in [2.05, 4.69) is 4.98 Å². The molecule has 84 valence electrons. The van der Waals surface area contributed by atoms with Crippen molar-refractivity contribution in [1.82, 2.24) is 9.88 Å². The van der Waals surface area contributed by atoms with Crippen molar-refractivity contribution in [3.8, 4) is 0 Å². The van der Waals surface area contributed by atoms with E-state index in [9.17, 15) is 9.18 Å². The monoisotopic (exact) mass is 240 g/mol. The maximum Gasteiger partial charge on any atom is 0.269 e. The molecule has 3 nitrogen and oxygen atoms in total. The SMILES string of the molecule is CN(C)C(=O)c1cc2c(Cl)ccc(F)c2[nH]1. The Labute approximate surface area is 96.8 Å². The number of rotatable bonds is 1. The third-order valence-electron chi connectivity index (χ3n) is 2.33. The Morgan fingerprint density at radius 3 is 2.69 bits per heavy atom. The minimum absolute atomic E-state index is 0.216. The van der Waals surface area contributed by atoms with Gasteiger partial charge in [-0.1, -0.05) is 11.6 Å². The van der Waals surface area contributed by atoms with Crippen LogP contribution in [0.5, 0.6) is 0 Å². The standard InChI is InChI=1S/C11H10ClFN2O/c1-15(2)11(16)9-5-6-7(12)3-4-8(13)10(6)14-9/h3-5,14H,1-2H3. The van der Waals surface area contributed by atoms with Gasteiger partial charge in [-0.3, -0.25) is 4.79 Å². The zero-order valence-corrected chi connectivity index (χ0v) is 9.60. The number of nitrogens with zero attached hydrogens (tertiary/aromatic N) is 1. The number of nitrogens with one attached hydrogen (secondary N) is 1. The predicted octanol–water partition coefficient (Wildman–Crippen LogP) is 2.66. The molecule has 0 aliphatic carbocycles. The summed E-state index contributed by atoms with van der Waals surface area (Å²) in [6.45, 7) is 0. The first-order valence-electron chi connectivity index (χ1n) is 4.69. The van der Waals surface area contributed by atoms with Crippen LogP contribution in [0.3, 0.4) is 0 Å². The van der Waals surface area contributed by atoms with Crippen molar-refractivity contribution < 1.29 is 9.18 Å². The minimum atomic E-state index is -0.419. The van der Waals surface area contributed by atoms with Crippen molar-refractivity contribution in [3.63, 3.8) is 0 Å². The van der Waals surface area contributed by atoms with E-state index in [1.165, 1.54) is 17.0 Å². The number of fused-ring (bicyclic) bond motifs is 1. The second-order valence-electron chi connectivity index (χ2n) is 3.70. The molecule has 0 saturated carbocycles. The zero-order valence-electron chi connectivity index (χ0n) is 8.84. The first kappa shape index (κ1) is 11.0. The van der Waals surface area contributed by atoms with Crippen LogP contribution in [0.15, 0.2) is 18.2 Å². The number of H-pyrrole nitrogens is 1. The van der Waals surface area contributed by atoms with Gasteiger partial charge < -0.3 is 9.88 Å². The van der Waals surface area contributed by atoms with Gasteiger partial charge in [0.25, 0.3) is 5.91 Å². The number of halogens is 2. The molecular weight excluding hydrogens is 231 g/mol. The lowest BCUT2D eigenvalue weighted by atomic mass is 10.2. The van der Waals surface area contributed by atoms with Crippen molar-refractivity contribution in [2.24, 2.45) is 0 Å². The van der Waals surface area contributed by atoms with E-state index >= 15 is 0 Å². The van der Waals surface area contributed by atoms with E-state index in [-0.39, 0.29) is 11.4 Å². The smallest absolute Gasteiger partial charge is 0.269 e. The van der Waals surface area contributed by atoms with E-state index in [0.717, 1.165) is 0 Å². The second-order valence-corrected chi connectivity index (χ2v) is 4.11. The van der Waals surface area contributed by atoms with Gasteiger partial charge in [0.15, 0.2) is 0 Å². The van der Waals surface area contributed by atoms with Gasteiger partial charge in [-0.25, -0.2) is 4.39 Å². The lowest BCUT2D eigenvalue weighted by Gasteiger charge is -2.07. The molecule has 1 aromatic carbocycles. The topological polar surface area (TPSA) is 36.1 Å². The molecule has 0 spiro atoms. The van der Waals surface area contributed by atoms with Gasteiger partial charge in [-0.05, 0) is 18.2 Å². The second kappa shape index (κ2) is 3.79. The van der Waals surface area contributed by atoms with Crippen LogP contribution in [0.4, 0.5) is 4.39 Å². The molecule has 1 N–H and O–H groups in total. The van der Waals surface area contributed by atoms with Gasteiger partial charge in [-0.2, -0.15) is 0 Å². The molecule has 0 aliphatic heterocycles. The fraction of sp³-hybridized carbons (Fsp3) is 0.182. The molecule has 0 radical (unpaired) electrons. The summed E-state index contributed by atoms with van der Waals surface area (Å²) in [5.41, 5.74) is 0.588. The molecule has 1 aromatic heterocycles. The van der Waals surface area contributed by atoms with Crippen molar-refractivity contribution in [2.75, 3.05) is 14.1 Å². The van der Waals surface area contributed by atoms with Gasteiger partial charge in [0.2, 0.25) is 0 Å². The Hall–Kier alpha value is -1.55. The van der Waals surface area contributed by atoms with Crippen molar-refractivity contribution in [2.45, 2.75) is 0 Å². The van der Waals surface area contributed by atoms with E-state index in [1.54, 1.807) is 20.2 Å². The van der Waals surface area contributed by atoms with Crippen molar-refractivity contribution in [1.29, 1.82) is 0 Å². The lowest BCUT2D eigenvalue weighted by molar-refractivity contribution is 0.0823. The van der Waals surface area contributed by atoms with Crippen LogP contribution >= 0.6 is 11.6 Å². The molecule has 0 bridgehead atoms. The summed E-state index contributed by atoms with van der Waals surface area (Å²) >= 11 is 5.92. The lowest BCUT2D eigenvalue weighted by Crippen LogP contribution is -2.21. The molecule has 5 heteroatoms. The highest BCUT2D eigenvalue weighted by atomic mass is 35.5. The highest BCUT2D eigenvalue weighted by molar-refractivity contribution is 6.35. The Morgan fingerprint density at radius 1 is 1.44 bits per heavy atom. The molecule has 0 unspecified atom stereocenters. The number of aromatic nitrogens is 1. The first-order valence-corrected chi connectivity index (χ1v) is 5.07. The van der Waals surface area contributed by atoms with Gasteiger partial charge in [0.05, 0.1) is 10.5 Å². The van der Waals surface area contributed by atoms with Crippen LogP contribution in [-0.2, 0) is 0 Å². The summed E-state index contributed by atoms with van der Waals surface area (Å²) in [4.78, 5) is 15.8. The number of carbonyl (C=O) groups is 1. The molecule has 0 saturated heterocycles. The molecule has 0 aliphatic rings. The van der Waals surface area contributed by atoms with Crippen LogP contribution in [0, 0.1) is 5.82 Å². The van der Waals surface area contributed by atoms with E-state index in [0.29, 0.717) is 16.1 Å². The summed E-state index contributed by atoms with van der Waals surface area (Å²) in [7, 11) is 3.26. The van der Waals surface area contributed by atoms with Crippen molar-refractivity contribution in [3.05, 3.63) is 34.7 Å². The van der Waals surface area contributed by atoms with Gasteiger partial charge >= 0.3 is 0 Å². The fourth-order valence-corrected chi connectivity index (χ4v) is 1.72. The molecule has 1 heterocycles. The summed E-state index contributed by atoms with van der Waals surface area (Å²) in [6.07, 6.45) is 0. The van der Waals surface area contributed by atoms with Gasteiger partial charge in [0.1, 0.15) is 11.5 Å². The van der Waals surface area contributed by atoms with E-state index in [4.69, 9.17) is 11.6 Å². The van der Waals surface area contributed by atoms with Crippen LogP contribution in [0.2, 0.25) is 5.02 Å². The molecule has 2 rings (SSSR count). The molecule has 0 atom stereocenters. The number of aromatic amines is 1. The average Bonchev–Trinajstić information content (AvgIpc) is 2.68. The van der Waals surface area contributed by atoms with Crippen LogP contribution in [0.1, 0.15) is 10.5 Å². The van der Waals surface area contributed by atoms with E-state index in [1.807, 2.05) is 0 Å². The largest absolute Gasteiger partial charge is 0.348 e. The number of carbonyl (C=O) groups excluding carboxylic acids is 1. The number of hydrogen-bond donors (Lipinski definition) is 1. The summed E-state index contributed by atoms with van der Waals surface area (Å²) < 4.78 is 13.4. The third kappa shape index (κ3) is 1.65. The molecule has 16 heavy (non-hydrogen) atoms. The van der Waals surface area contributed by atoms with Crippen molar-refractivity contribution >= 4 is 28.4 Å². The van der Waals surface area contributed by atoms with Crippen LogP contribution in [0.25, 0.3) is 10.9 Å². The molecule has 0 fully saturated rings. The van der Waals surface area contributed by atoms with Crippen LogP contribution < -0.4 is 0 Å². The Morgan fingerprint density at radius 2 is 2.12 bits per heavy atom. The molecule has 1 amide bonds. The van der Waals surface area contributed by atoms with E-state index < -0.39 is 5.82 Å². The fourth-order valence-electron chi connectivity index (χ4n) is 1.51. The normalized spacial score (nSPS) is 10.8. The quantitative estimate of drug-likeness (QED) is 0.817. The highest BCUT2D eigenvalue weighted by Gasteiger charge is 2.14. The van der Waals surface area contributed by atoms with Gasteiger partial charge in [-0.15, -0.1) is 0 Å². The first-order chi connectivity index (χ1) is 7.50. The Kier molecular flexibility index (Phi) is 2.59. The summed E-state index contributed by atoms with van der Waals surface area (Å²) in [5, 5.41) is 0.942.